The minimum atomic E-state index is -0.237. The van der Waals surface area contributed by atoms with Crippen LogP contribution >= 0.6 is 0 Å². The van der Waals surface area contributed by atoms with Crippen LogP contribution in [0.2, 0.25) is 0 Å². The molecule has 0 aromatic heterocycles. The summed E-state index contributed by atoms with van der Waals surface area (Å²) in [4.78, 5) is 10.8. The summed E-state index contributed by atoms with van der Waals surface area (Å²) in [7, 11) is 3.02. The van der Waals surface area contributed by atoms with Gasteiger partial charge in [0.25, 0.3) is 0 Å². The molecule has 0 aliphatic carbocycles. The molecule has 0 atom stereocenters. The lowest BCUT2D eigenvalue weighted by Crippen LogP contribution is -1.96. The van der Waals surface area contributed by atoms with E-state index < -0.39 is 0 Å². The molecule has 3 nitrogen and oxygen atoms in total. The normalized spacial score (nSPS) is 10.9. The number of carbonyl (C=O) groups is 1. The average Bonchev–Trinajstić information content (AvgIpc) is 2.38. The van der Waals surface area contributed by atoms with Crippen LogP contribution < -0.4 is 4.74 Å². The van der Waals surface area contributed by atoms with E-state index in [1.165, 1.54) is 7.11 Å². The zero-order valence-electron chi connectivity index (χ0n) is 10.1. The van der Waals surface area contributed by atoms with Gasteiger partial charge in [0.2, 0.25) is 0 Å². The average molecular weight is 232 g/mol. The molecule has 0 amide bonds. The molecule has 0 N–H and O–H groups in total. The van der Waals surface area contributed by atoms with E-state index in [0.29, 0.717) is 6.42 Å². The van der Waals surface area contributed by atoms with Gasteiger partial charge in [-0.15, -0.1) is 0 Å². The predicted octanol–water partition coefficient (Wildman–Crippen LogP) is 2.83. The second-order valence-electron chi connectivity index (χ2n) is 3.34. The van der Waals surface area contributed by atoms with E-state index in [1.807, 2.05) is 42.5 Å². The third kappa shape index (κ3) is 5.02. The molecule has 0 saturated carbocycles. The second kappa shape index (κ2) is 7.28. The van der Waals surface area contributed by atoms with Crippen molar-refractivity contribution in [2.45, 2.75) is 6.42 Å². The number of hydrogen-bond acceptors (Lipinski definition) is 3. The molecule has 0 saturated heterocycles. The van der Waals surface area contributed by atoms with Gasteiger partial charge in [-0.05, 0) is 17.7 Å². The Labute approximate surface area is 101 Å². The van der Waals surface area contributed by atoms with E-state index in [4.69, 9.17) is 4.74 Å². The van der Waals surface area contributed by atoms with Gasteiger partial charge >= 0.3 is 5.97 Å². The first-order valence-electron chi connectivity index (χ1n) is 5.30. The van der Waals surface area contributed by atoms with Crippen molar-refractivity contribution in [3.8, 4) is 5.75 Å². The summed E-state index contributed by atoms with van der Waals surface area (Å²) in [6, 6.07) is 7.72. The topological polar surface area (TPSA) is 35.5 Å². The van der Waals surface area contributed by atoms with Crippen molar-refractivity contribution in [1.82, 2.24) is 0 Å². The van der Waals surface area contributed by atoms with Crippen molar-refractivity contribution in [2.24, 2.45) is 0 Å². The SMILES string of the molecule is COC(=O)C/C=C/C=C/c1ccc(OC)cc1. The van der Waals surface area contributed by atoms with Crippen LogP contribution in [0, 0.1) is 0 Å². The summed E-state index contributed by atoms with van der Waals surface area (Å²) in [6.07, 6.45) is 7.70. The molecule has 17 heavy (non-hydrogen) atoms. The number of methoxy groups -OCH3 is 2. The van der Waals surface area contributed by atoms with Crippen molar-refractivity contribution in [2.75, 3.05) is 14.2 Å². The second-order valence-corrected chi connectivity index (χ2v) is 3.34. The van der Waals surface area contributed by atoms with Gasteiger partial charge in [0.05, 0.1) is 20.6 Å². The molecular formula is C14H16O3. The van der Waals surface area contributed by atoms with Gasteiger partial charge in [-0.2, -0.15) is 0 Å². The minimum Gasteiger partial charge on any atom is -0.497 e. The van der Waals surface area contributed by atoms with Gasteiger partial charge in [0.1, 0.15) is 5.75 Å². The van der Waals surface area contributed by atoms with E-state index in [9.17, 15) is 4.79 Å². The minimum absolute atomic E-state index is 0.237. The maximum absolute atomic E-state index is 10.8. The molecule has 0 spiro atoms. The Morgan fingerprint density at radius 2 is 1.88 bits per heavy atom. The van der Waals surface area contributed by atoms with Crippen molar-refractivity contribution >= 4 is 12.0 Å². The Balaban J connectivity index is 2.44. The molecule has 0 unspecified atom stereocenters. The van der Waals surface area contributed by atoms with Crippen molar-refractivity contribution in [3.05, 3.63) is 48.1 Å². The van der Waals surface area contributed by atoms with Gasteiger partial charge < -0.3 is 9.47 Å². The summed E-state index contributed by atoms with van der Waals surface area (Å²) in [6.45, 7) is 0. The van der Waals surface area contributed by atoms with Crippen LogP contribution in [0.1, 0.15) is 12.0 Å². The molecule has 90 valence electrons. The standard InChI is InChI=1S/C14H16O3/c1-16-13-10-8-12(9-11-13)6-4-3-5-7-14(15)17-2/h3-6,8-11H,7H2,1-2H3/b5-3+,6-4+. The molecule has 0 radical (unpaired) electrons. The van der Waals surface area contributed by atoms with Crippen LogP contribution in [0.15, 0.2) is 42.5 Å². The molecule has 0 aliphatic heterocycles. The lowest BCUT2D eigenvalue weighted by atomic mass is 10.2. The van der Waals surface area contributed by atoms with Gasteiger partial charge in [0, 0.05) is 0 Å². The number of esters is 1. The first-order valence-corrected chi connectivity index (χ1v) is 5.30. The quantitative estimate of drug-likeness (QED) is 0.578. The molecule has 3 heteroatoms. The summed E-state index contributed by atoms with van der Waals surface area (Å²) in [5.74, 6) is 0.600. The van der Waals surface area contributed by atoms with Gasteiger partial charge in [-0.1, -0.05) is 36.4 Å². The monoisotopic (exact) mass is 232 g/mol. The number of allylic oxidation sites excluding steroid dienone is 2. The van der Waals surface area contributed by atoms with Crippen molar-refractivity contribution in [3.63, 3.8) is 0 Å². The fourth-order valence-electron chi connectivity index (χ4n) is 1.21. The fraction of sp³-hybridized carbons (Fsp3) is 0.214. The van der Waals surface area contributed by atoms with Gasteiger partial charge in [0.15, 0.2) is 0 Å². The number of hydrogen-bond donors (Lipinski definition) is 0. The lowest BCUT2D eigenvalue weighted by molar-refractivity contribution is -0.139. The summed E-state index contributed by atoms with van der Waals surface area (Å²) in [5.41, 5.74) is 1.08. The molecule has 1 rings (SSSR count). The molecule has 1 aromatic carbocycles. The van der Waals surface area contributed by atoms with Crippen LogP contribution in [0.4, 0.5) is 0 Å². The molecule has 0 heterocycles. The first-order chi connectivity index (χ1) is 8.26. The number of benzene rings is 1. The smallest absolute Gasteiger partial charge is 0.309 e. The highest BCUT2D eigenvalue weighted by atomic mass is 16.5. The number of carbonyl (C=O) groups excluding carboxylic acids is 1. The fourth-order valence-corrected chi connectivity index (χ4v) is 1.21. The summed E-state index contributed by atoms with van der Waals surface area (Å²) < 4.78 is 9.57. The highest BCUT2D eigenvalue weighted by Crippen LogP contribution is 2.12. The summed E-state index contributed by atoms with van der Waals surface area (Å²) in [5, 5.41) is 0. The first kappa shape index (κ1) is 13.0. The van der Waals surface area contributed by atoms with E-state index >= 15 is 0 Å². The largest absolute Gasteiger partial charge is 0.497 e. The molecule has 0 bridgehead atoms. The Morgan fingerprint density at radius 1 is 1.18 bits per heavy atom. The molecular weight excluding hydrogens is 216 g/mol. The van der Waals surface area contributed by atoms with E-state index in [1.54, 1.807) is 13.2 Å². The maximum Gasteiger partial charge on any atom is 0.309 e. The third-order valence-corrected chi connectivity index (χ3v) is 2.16. The Bertz CT molecular complexity index is 402. The molecule has 0 fully saturated rings. The van der Waals surface area contributed by atoms with Crippen molar-refractivity contribution in [1.29, 1.82) is 0 Å². The zero-order valence-corrected chi connectivity index (χ0v) is 10.1. The highest BCUT2D eigenvalue weighted by molar-refractivity contribution is 5.71. The van der Waals surface area contributed by atoms with Gasteiger partial charge in [-0.3, -0.25) is 4.79 Å². The number of ether oxygens (including phenoxy) is 2. The maximum atomic E-state index is 10.8. The summed E-state index contributed by atoms with van der Waals surface area (Å²) >= 11 is 0. The van der Waals surface area contributed by atoms with Crippen LogP contribution in [-0.2, 0) is 9.53 Å². The lowest BCUT2D eigenvalue weighted by Gasteiger charge is -1.98. The predicted molar refractivity (Wildman–Crippen MR) is 67.8 cm³/mol. The molecule has 1 aromatic rings. The Kier molecular flexibility index (Phi) is 5.58. The van der Waals surface area contributed by atoms with E-state index in [-0.39, 0.29) is 5.97 Å². The Hall–Kier alpha value is -2.03. The van der Waals surface area contributed by atoms with Crippen LogP contribution in [-0.4, -0.2) is 20.2 Å². The molecule has 0 aliphatic rings. The van der Waals surface area contributed by atoms with Crippen LogP contribution in [0.3, 0.4) is 0 Å². The Morgan fingerprint density at radius 3 is 2.47 bits per heavy atom. The highest BCUT2D eigenvalue weighted by Gasteiger charge is 1.92. The van der Waals surface area contributed by atoms with Crippen molar-refractivity contribution < 1.29 is 14.3 Å². The van der Waals surface area contributed by atoms with Crippen LogP contribution in [0.25, 0.3) is 6.08 Å². The van der Waals surface area contributed by atoms with E-state index in [0.717, 1.165) is 11.3 Å². The zero-order chi connectivity index (χ0) is 12.5. The number of rotatable bonds is 5. The van der Waals surface area contributed by atoms with Crippen LogP contribution in [0.5, 0.6) is 5.75 Å². The van der Waals surface area contributed by atoms with Gasteiger partial charge in [-0.25, -0.2) is 0 Å². The third-order valence-electron chi connectivity index (χ3n) is 2.16. The van der Waals surface area contributed by atoms with E-state index in [2.05, 4.69) is 4.74 Å².